The van der Waals surface area contributed by atoms with Crippen LogP contribution in [0, 0.1) is 0 Å². The molecule has 1 aliphatic rings. The Hall–Kier alpha value is -1.68. The molecule has 0 aliphatic carbocycles. The predicted octanol–water partition coefficient (Wildman–Crippen LogP) is 3.93. The van der Waals surface area contributed by atoms with Gasteiger partial charge in [-0.05, 0) is 38.8 Å². The number of amides is 1. The van der Waals surface area contributed by atoms with Crippen LogP contribution >= 0.6 is 11.3 Å². The van der Waals surface area contributed by atoms with Crippen molar-refractivity contribution >= 4 is 27.5 Å². The first-order chi connectivity index (χ1) is 9.65. The van der Waals surface area contributed by atoms with E-state index in [1.807, 2.05) is 36.9 Å². The van der Waals surface area contributed by atoms with Crippen molar-refractivity contribution in [1.29, 1.82) is 0 Å². The molecule has 0 bridgehead atoms. The van der Waals surface area contributed by atoms with E-state index in [4.69, 9.17) is 4.98 Å². The highest BCUT2D eigenvalue weighted by molar-refractivity contribution is 7.18. The van der Waals surface area contributed by atoms with Gasteiger partial charge in [-0.25, -0.2) is 4.98 Å². The second-order valence-corrected chi connectivity index (χ2v) is 6.49. The lowest BCUT2D eigenvalue weighted by Gasteiger charge is -2.21. The molecule has 20 heavy (non-hydrogen) atoms. The van der Waals surface area contributed by atoms with Gasteiger partial charge in [0.1, 0.15) is 5.01 Å². The van der Waals surface area contributed by atoms with E-state index in [9.17, 15) is 4.79 Å². The van der Waals surface area contributed by atoms with Gasteiger partial charge in [0.2, 0.25) is 5.91 Å². The summed E-state index contributed by atoms with van der Waals surface area (Å²) in [6.45, 7) is 4.75. The number of hydrogen-bond acceptors (Lipinski definition) is 3. The third-order valence-electron chi connectivity index (χ3n) is 3.54. The predicted molar refractivity (Wildman–Crippen MR) is 82.7 cm³/mol. The summed E-state index contributed by atoms with van der Waals surface area (Å²) in [6.07, 6.45) is 3.80. The van der Waals surface area contributed by atoms with E-state index in [0.29, 0.717) is 0 Å². The van der Waals surface area contributed by atoms with E-state index in [-0.39, 0.29) is 11.9 Å². The molecule has 0 N–H and O–H groups in total. The molecule has 0 saturated carbocycles. The Morgan fingerprint density at radius 1 is 1.40 bits per heavy atom. The summed E-state index contributed by atoms with van der Waals surface area (Å²) in [4.78, 5) is 19.0. The molecule has 1 amide bonds. The third kappa shape index (κ3) is 2.48. The zero-order valence-corrected chi connectivity index (χ0v) is 12.6. The van der Waals surface area contributed by atoms with Gasteiger partial charge < -0.3 is 4.90 Å². The van der Waals surface area contributed by atoms with E-state index in [1.54, 1.807) is 17.4 Å². The van der Waals surface area contributed by atoms with Gasteiger partial charge in [-0.3, -0.25) is 4.79 Å². The SMILES string of the molecule is CC(C)=CC(=O)N1CCCC1c1nc2ccccc2s1. The van der Waals surface area contributed by atoms with Crippen molar-refractivity contribution in [2.45, 2.75) is 32.7 Å². The Labute approximate surface area is 122 Å². The zero-order valence-electron chi connectivity index (χ0n) is 11.8. The highest BCUT2D eigenvalue weighted by Gasteiger charge is 2.31. The highest BCUT2D eigenvalue weighted by atomic mass is 32.1. The number of aromatic nitrogens is 1. The quantitative estimate of drug-likeness (QED) is 0.784. The number of para-hydroxylation sites is 1. The van der Waals surface area contributed by atoms with Crippen LogP contribution in [0.1, 0.15) is 37.7 Å². The van der Waals surface area contributed by atoms with E-state index in [0.717, 1.165) is 35.5 Å². The van der Waals surface area contributed by atoms with E-state index >= 15 is 0 Å². The molecule has 3 nitrogen and oxygen atoms in total. The molecule has 1 atom stereocenters. The van der Waals surface area contributed by atoms with Gasteiger partial charge in [0, 0.05) is 12.6 Å². The molecule has 3 rings (SSSR count). The summed E-state index contributed by atoms with van der Waals surface area (Å²) < 4.78 is 1.20. The second kappa shape index (κ2) is 5.37. The van der Waals surface area contributed by atoms with Crippen molar-refractivity contribution in [2.24, 2.45) is 0 Å². The van der Waals surface area contributed by atoms with Gasteiger partial charge in [-0.1, -0.05) is 17.7 Å². The number of allylic oxidation sites excluding steroid dienone is 1. The number of carbonyl (C=O) groups excluding carboxylic acids is 1. The smallest absolute Gasteiger partial charge is 0.247 e. The van der Waals surface area contributed by atoms with Crippen LogP contribution in [0.5, 0.6) is 0 Å². The van der Waals surface area contributed by atoms with Gasteiger partial charge >= 0.3 is 0 Å². The minimum Gasteiger partial charge on any atom is -0.330 e. The van der Waals surface area contributed by atoms with Crippen molar-refractivity contribution < 1.29 is 4.79 Å². The first kappa shape index (κ1) is 13.3. The summed E-state index contributed by atoms with van der Waals surface area (Å²) >= 11 is 1.71. The number of thiazole rings is 1. The van der Waals surface area contributed by atoms with Crippen LogP contribution in [-0.2, 0) is 4.79 Å². The van der Waals surface area contributed by atoms with Crippen LogP contribution in [0.15, 0.2) is 35.9 Å². The average molecular weight is 286 g/mol. The fraction of sp³-hybridized carbons (Fsp3) is 0.375. The summed E-state index contributed by atoms with van der Waals surface area (Å²) in [7, 11) is 0. The number of benzene rings is 1. The first-order valence-electron chi connectivity index (χ1n) is 6.96. The molecule has 1 saturated heterocycles. The van der Waals surface area contributed by atoms with Gasteiger partial charge in [0.05, 0.1) is 16.3 Å². The molecule has 1 aromatic heterocycles. The Balaban J connectivity index is 1.92. The lowest BCUT2D eigenvalue weighted by Crippen LogP contribution is -2.29. The maximum absolute atomic E-state index is 12.3. The largest absolute Gasteiger partial charge is 0.330 e. The number of rotatable bonds is 2. The molecule has 1 aliphatic heterocycles. The molecule has 4 heteroatoms. The molecule has 2 aromatic rings. The number of fused-ring (bicyclic) bond motifs is 1. The lowest BCUT2D eigenvalue weighted by atomic mass is 10.2. The van der Waals surface area contributed by atoms with Gasteiger partial charge in [-0.15, -0.1) is 11.3 Å². The normalized spacial score (nSPS) is 18.5. The Bertz CT molecular complexity index is 637. The summed E-state index contributed by atoms with van der Waals surface area (Å²) in [5, 5.41) is 1.07. The maximum Gasteiger partial charge on any atom is 0.247 e. The highest BCUT2D eigenvalue weighted by Crippen LogP contribution is 2.36. The fourth-order valence-corrected chi connectivity index (χ4v) is 3.76. The fourth-order valence-electron chi connectivity index (χ4n) is 2.65. The molecule has 1 aromatic carbocycles. The van der Waals surface area contributed by atoms with Crippen molar-refractivity contribution in [2.75, 3.05) is 6.54 Å². The molecular formula is C16H18N2OS. The zero-order chi connectivity index (χ0) is 14.1. The number of carbonyl (C=O) groups is 1. The van der Waals surface area contributed by atoms with Crippen LogP contribution < -0.4 is 0 Å². The first-order valence-corrected chi connectivity index (χ1v) is 7.78. The van der Waals surface area contributed by atoms with Gasteiger partial charge in [0.25, 0.3) is 0 Å². The van der Waals surface area contributed by atoms with E-state index in [1.165, 1.54) is 4.70 Å². The van der Waals surface area contributed by atoms with E-state index in [2.05, 4.69) is 6.07 Å². The molecule has 1 unspecified atom stereocenters. The van der Waals surface area contributed by atoms with Crippen molar-refractivity contribution in [3.05, 3.63) is 40.9 Å². The molecule has 0 spiro atoms. The maximum atomic E-state index is 12.3. The lowest BCUT2D eigenvalue weighted by molar-refractivity contribution is -0.126. The number of nitrogens with zero attached hydrogens (tertiary/aromatic N) is 2. The van der Waals surface area contributed by atoms with Crippen LogP contribution in [0.4, 0.5) is 0 Å². The summed E-state index contributed by atoms with van der Waals surface area (Å²) in [5.41, 5.74) is 2.08. The number of hydrogen-bond donors (Lipinski definition) is 0. The van der Waals surface area contributed by atoms with Crippen molar-refractivity contribution in [3.63, 3.8) is 0 Å². The summed E-state index contributed by atoms with van der Waals surface area (Å²) in [6, 6.07) is 8.31. The van der Waals surface area contributed by atoms with Crippen molar-refractivity contribution in [1.82, 2.24) is 9.88 Å². The Morgan fingerprint density at radius 3 is 2.95 bits per heavy atom. The van der Waals surface area contributed by atoms with Crippen LogP contribution in [0.3, 0.4) is 0 Å². The Morgan fingerprint density at radius 2 is 2.20 bits per heavy atom. The minimum atomic E-state index is 0.117. The molecule has 1 fully saturated rings. The Kier molecular flexibility index (Phi) is 3.57. The van der Waals surface area contributed by atoms with Gasteiger partial charge in [-0.2, -0.15) is 0 Å². The molecular weight excluding hydrogens is 268 g/mol. The van der Waals surface area contributed by atoms with E-state index < -0.39 is 0 Å². The molecule has 0 radical (unpaired) electrons. The number of likely N-dealkylation sites (tertiary alicyclic amines) is 1. The van der Waals surface area contributed by atoms with Crippen molar-refractivity contribution in [3.8, 4) is 0 Å². The average Bonchev–Trinajstić information content (AvgIpc) is 3.04. The molecule has 2 heterocycles. The molecule has 104 valence electrons. The monoisotopic (exact) mass is 286 g/mol. The standard InChI is InChI=1S/C16H18N2OS/c1-11(2)10-15(19)18-9-5-7-13(18)16-17-12-6-3-4-8-14(12)20-16/h3-4,6,8,10,13H,5,7,9H2,1-2H3. The van der Waals surface area contributed by atoms with Crippen LogP contribution in [0.2, 0.25) is 0 Å². The third-order valence-corrected chi connectivity index (χ3v) is 4.68. The van der Waals surface area contributed by atoms with Gasteiger partial charge in [0.15, 0.2) is 0 Å². The summed E-state index contributed by atoms with van der Waals surface area (Å²) in [5.74, 6) is 0.117. The minimum absolute atomic E-state index is 0.117. The van der Waals surface area contributed by atoms with Crippen LogP contribution in [-0.4, -0.2) is 22.3 Å². The topological polar surface area (TPSA) is 33.2 Å². The second-order valence-electron chi connectivity index (χ2n) is 5.43. The van der Waals surface area contributed by atoms with Crippen LogP contribution in [0.25, 0.3) is 10.2 Å².